The molecule has 0 aliphatic carbocycles. The molecule has 4 rings (SSSR count). The maximum absolute atomic E-state index is 5.41. The number of quaternary nitrogens is 1. The van der Waals surface area contributed by atoms with E-state index in [0.29, 0.717) is 0 Å². The molecule has 0 amide bonds. The predicted octanol–water partition coefficient (Wildman–Crippen LogP) is 1.32. The van der Waals surface area contributed by atoms with Crippen molar-refractivity contribution in [2.75, 3.05) is 38.6 Å². The summed E-state index contributed by atoms with van der Waals surface area (Å²) in [5.74, 6) is 1.01. The molecule has 25 heavy (non-hydrogen) atoms. The number of aromatic nitrogens is 4. The van der Waals surface area contributed by atoms with Gasteiger partial charge in [0.15, 0.2) is 5.65 Å². The summed E-state index contributed by atoms with van der Waals surface area (Å²) in [6.07, 6.45) is 0. The second-order valence-corrected chi connectivity index (χ2v) is 7.55. The molecule has 1 fully saturated rings. The standard InChI is InChI=1S/C18H23N5OS/c1-3-23-15-5-4-13(2)12-14(15)16-17(23)19-18(21-20-16)25-11-8-22-6-9-24-10-7-22/h4-5,12H,3,6-11H2,1-2H3/p+1. The van der Waals surface area contributed by atoms with Gasteiger partial charge in [-0.1, -0.05) is 23.4 Å². The summed E-state index contributed by atoms with van der Waals surface area (Å²) < 4.78 is 7.64. The average Bonchev–Trinajstić information content (AvgIpc) is 2.95. The number of hydrogen-bond donors (Lipinski definition) is 1. The van der Waals surface area contributed by atoms with Crippen LogP contribution in [-0.4, -0.2) is 58.3 Å². The van der Waals surface area contributed by atoms with Crippen molar-refractivity contribution >= 4 is 33.8 Å². The van der Waals surface area contributed by atoms with Gasteiger partial charge in [0, 0.05) is 11.9 Å². The Kier molecular flexibility index (Phi) is 4.87. The molecule has 1 aromatic carbocycles. The van der Waals surface area contributed by atoms with Crippen LogP contribution >= 0.6 is 11.8 Å². The second kappa shape index (κ2) is 7.27. The Morgan fingerprint density at radius 1 is 1.24 bits per heavy atom. The van der Waals surface area contributed by atoms with Crippen LogP contribution in [0.5, 0.6) is 0 Å². The predicted molar refractivity (Wildman–Crippen MR) is 100 cm³/mol. The summed E-state index contributed by atoms with van der Waals surface area (Å²) in [7, 11) is 0. The number of fused-ring (bicyclic) bond motifs is 3. The first-order valence-corrected chi connectivity index (χ1v) is 9.92. The van der Waals surface area contributed by atoms with E-state index in [2.05, 4.69) is 46.8 Å². The first-order chi connectivity index (χ1) is 12.3. The zero-order valence-electron chi connectivity index (χ0n) is 14.8. The molecule has 1 aliphatic heterocycles. The lowest BCUT2D eigenvalue weighted by molar-refractivity contribution is -0.905. The van der Waals surface area contributed by atoms with Crippen molar-refractivity contribution < 1.29 is 9.64 Å². The molecule has 0 spiro atoms. The Morgan fingerprint density at radius 2 is 2.08 bits per heavy atom. The Labute approximate surface area is 151 Å². The topological polar surface area (TPSA) is 57.3 Å². The van der Waals surface area contributed by atoms with Crippen LogP contribution in [0.25, 0.3) is 22.1 Å². The molecular weight excluding hydrogens is 334 g/mol. The van der Waals surface area contributed by atoms with Crippen molar-refractivity contribution in [1.29, 1.82) is 0 Å². The zero-order valence-corrected chi connectivity index (χ0v) is 15.6. The third-order valence-corrected chi connectivity index (χ3v) is 5.64. The summed E-state index contributed by atoms with van der Waals surface area (Å²) in [5, 5.41) is 10.8. The molecule has 0 saturated carbocycles. The van der Waals surface area contributed by atoms with Crippen molar-refractivity contribution in [3.63, 3.8) is 0 Å². The van der Waals surface area contributed by atoms with Crippen molar-refractivity contribution in [3.05, 3.63) is 23.8 Å². The van der Waals surface area contributed by atoms with Crippen molar-refractivity contribution in [3.8, 4) is 0 Å². The molecule has 7 heteroatoms. The number of hydrogen-bond acceptors (Lipinski definition) is 5. The highest BCUT2D eigenvalue weighted by Gasteiger charge is 2.16. The van der Waals surface area contributed by atoms with Crippen molar-refractivity contribution in [1.82, 2.24) is 19.7 Å². The smallest absolute Gasteiger partial charge is 0.211 e. The Balaban J connectivity index is 1.57. The van der Waals surface area contributed by atoms with Crippen molar-refractivity contribution in [2.24, 2.45) is 0 Å². The second-order valence-electron chi connectivity index (χ2n) is 6.49. The molecule has 0 atom stereocenters. The molecule has 1 saturated heterocycles. The third kappa shape index (κ3) is 3.36. The molecule has 3 aromatic rings. The van der Waals surface area contributed by atoms with E-state index in [1.54, 1.807) is 16.7 Å². The van der Waals surface area contributed by atoms with Crippen molar-refractivity contribution in [2.45, 2.75) is 25.5 Å². The normalized spacial score (nSPS) is 16.1. The highest BCUT2D eigenvalue weighted by atomic mass is 32.2. The maximum atomic E-state index is 5.41. The fraction of sp³-hybridized carbons (Fsp3) is 0.500. The van der Waals surface area contributed by atoms with Gasteiger partial charge in [-0.25, -0.2) is 4.98 Å². The number of rotatable bonds is 5. The number of ether oxygens (including phenoxy) is 1. The minimum Gasteiger partial charge on any atom is -0.370 e. The van der Waals surface area contributed by atoms with E-state index >= 15 is 0 Å². The number of nitrogens with one attached hydrogen (secondary N) is 1. The van der Waals surface area contributed by atoms with Gasteiger partial charge in [0.1, 0.15) is 18.6 Å². The molecule has 0 radical (unpaired) electrons. The largest absolute Gasteiger partial charge is 0.370 e. The van der Waals surface area contributed by atoms with E-state index in [1.165, 1.54) is 11.1 Å². The number of nitrogens with zero attached hydrogens (tertiary/aromatic N) is 4. The van der Waals surface area contributed by atoms with Gasteiger partial charge < -0.3 is 14.2 Å². The van der Waals surface area contributed by atoms with Crippen LogP contribution in [0.4, 0.5) is 0 Å². The van der Waals surface area contributed by atoms with E-state index in [4.69, 9.17) is 9.72 Å². The van der Waals surface area contributed by atoms with Gasteiger partial charge in [-0.05, 0) is 26.0 Å². The highest BCUT2D eigenvalue weighted by molar-refractivity contribution is 7.99. The molecule has 6 nitrogen and oxygen atoms in total. The first kappa shape index (κ1) is 16.8. The Morgan fingerprint density at radius 3 is 2.88 bits per heavy atom. The lowest BCUT2D eigenvalue weighted by Gasteiger charge is -2.23. The summed E-state index contributed by atoms with van der Waals surface area (Å²) in [6, 6.07) is 6.47. The Bertz CT molecular complexity index is 888. The molecule has 3 heterocycles. The fourth-order valence-corrected chi connectivity index (χ4v) is 4.26. The number of aryl methyl sites for hydroxylation is 2. The average molecular weight is 358 g/mol. The van der Waals surface area contributed by atoms with E-state index in [-0.39, 0.29) is 0 Å². The van der Waals surface area contributed by atoms with Crippen LogP contribution in [0, 0.1) is 6.92 Å². The third-order valence-electron chi connectivity index (χ3n) is 4.81. The molecule has 1 aliphatic rings. The molecule has 2 aromatic heterocycles. The van der Waals surface area contributed by atoms with Gasteiger partial charge >= 0.3 is 0 Å². The molecule has 0 bridgehead atoms. The van der Waals surface area contributed by atoms with E-state index in [0.717, 1.165) is 66.9 Å². The lowest BCUT2D eigenvalue weighted by Crippen LogP contribution is -3.14. The van der Waals surface area contributed by atoms with Gasteiger partial charge in [0.05, 0.1) is 31.0 Å². The van der Waals surface area contributed by atoms with E-state index < -0.39 is 0 Å². The summed E-state index contributed by atoms with van der Waals surface area (Å²) in [6.45, 7) is 10.2. The summed E-state index contributed by atoms with van der Waals surface area (Å²) in [5.41, 5.74) is 4.27. The molecular formula is C18H24N5OS+. The summed E-state index contributed by atoms with van der Waals surface area (Å²) >= 11 is 1.70. The Hall–Kier alpha value is -1.70. The molecule has 0 unspecified atom stereocenters. The van der Waals surface area contributed by atoms with Crippen LogP contribution in [0.2, 0.25) is 0 Å². The number of morpholine rings is 1. The van der Waals surface area contributed by atoms with Crippen LogP contribution in [0.1, 0.15) is 12.5 Å². The van der Waals surface area contributed by atoms with Crippen LogP contribution in [0.15, 0.2) is 23.4 Å². The highest BCUT2D eigenvalue weighted by Crippen LogP contribution is 2.27. The van der Waals surface area contributed by atoms with Crippen LogP contribution in [0.3, 0.4) is 0 Å². The van der Waals surface area contributed by atoms with Crippen LogP contribution < -0.4 is 4.90 Å². The van der Waals surface area contributed by atoms with Crippen LogP contribution in [-0.2, 0) is 11.3 Å². The van der Waals surface area contributed by atoms with Gasteiger partial charge in [-0.3, -0.25) is 0 Å². The monoisotopic (exact) mass is 358 g/mol. The van der Waals surface area contributed by atoms with E-state index in [1.807, 2.05) is 0 Å². The molecule has 1 N–H and O–H groups in total. The lowest BCUT2D eigenvalue weighted by atomic mass is 10.2. The van der Waals surface area contributed by atoms with Gasteiger partial charge in [0.2, 0.25) is 5.16 Å². The summed E-state index contributed by atoms with van der Waals surface area (Å²) in [4.78, 5) is 6.42. The zero-order chi connectivity index (χ0) is 17.2. The number of benzene rings is 1. The maximum Gasteiger partial charge on any atom is 0.211 e. The number of thioether (sulfide) groups is 1. The SMILES string of the molecule is CCn1c2ccc(C)cc2c2nnc(SCC[NH+]3CCOCC3)nc21. The fourth-order valence-electron chi connectivity index (χ4n) is 3.43. The quantitative estimate of drug-likeness (QED) is 0.697. The van der Waals surface area contributed by atoms with Gasteiger partial charge in [-0.2, -0.15) is 0 Å². The van der Waals surface area contributed by atoms with Gasteiger partial charge in [0.25, 0.3) is 0 Å². The van der Waals surface area contributed by atoms with E-state index in [9.17, 15) is 0 Å². The van der Waals surface area contributed by atoms with Gasteiger partial charge in [-0.15, -0.1) is 10.2 Å². The molecule has 132 valence electrons. The minimum atomic E-state index is 0.773. The first-order valence-electron chi connectivity index (χ1n) is 8.93. The minimum absolute atomic E-state index is 0.773.